The number of ether oxygens (including phenoxy) is 1. The minimum absolute atomic E-state index is 0.275. The van der Waals surface area contributed by atoms with Gasteiger partial charge in [-0.25, -0.2) is 4.18 Å². The minimum Gasteiger partial charge on any atom is -0.391 e. The zero-order valence-corrected chi connectivity index (χ0v) is 8.16. The molecule has 0 aromatic rings. The summed E-state index contributed by atoms with van der Waals surface area (Å²) in [4.78, 5) is 0. The van der Waals surface area contributed by atoms with E-state index < -0.39 is 23.3 Å². The molecule has 0 spiro atoms. The normalized spacial score (nSPS) is 14.4. The van der Waals surface area contributed by atoms with Gasteiger partial charge in [-0.05, 0) is 6.42 Å². The average molecular weight is 214 g/mol. The van der Waals surface area contributed by atoms with Gasteiger partial charge in [0.2, 0.25) is 6.29 Å². The van der Waals surface area contributed by atoms with Gasteiger partial charge in [-0.1, -0.05) is 13.3 Å². The highest BCUT2D eigenvalue weighted by Crippen LogP contribution is 2.00. The maximum Gasteiger partial charge on any atom is 0.399 e. The molecule has 0 fully saturated rings. The smallest absolute Gasteiger partial charge is 0.391 e. The summed E-state index contributed by atoms with van der Waals surface area (Å²) in [7, 11) is -4.56. The fraction of sp³-hybridized carbons (Fsp3) is 1.00. The Bertz CT molecular complexity index is 211. The molecule has 0 aliphatic rings. The Kier molecular flexibility index (Phi) is 6.17. The van der Waals surface area contributed by atoms with E-state index in [4.69, 9.17) is 14.4 Å². The molecule has 0 heterocycles. The summed E-state index contributed by atoms with van der Waals surface area (Å²) in [6.07, 6.45) is 0.288. The molecule has 0 aliphatic heterocycles. The van der Waals surface area contributed by atoms with Crippen molar-refractivity contribution in [3.63, 3.8) is 0 Å². The fourth-order valence-corrected chi connectivity index (χ4v) is 0.993. The SMILES string of the molecule is CCCCOC(CO)OS(=O)(=O)O. The predicted molar refractivity (Wildman–Crippen MR) is 44.4 cm³/mol. The van der Waals surface area contributed by atoms with Crippen LogP contribution in [0.5, 0.6) is 0 Å². The van der Waals surface area contributed by atoms with E-state index >= 15 is 0 Å². The number of aliphatic hydroxyl groups excluding tert-OH is 1. The Morgan fingerprint density at radius 2 is 2.08 bits per heavy atom. The molecule has 0 radical (unpaired) electrons. The molecule has 6 nitrogen and oxygen atoms in total. The van der Waals surface area contributed by atoms with Crippen LogP contribution in [0.15, 0.2) is 0 Å². The summed E-state index contributed by atoms with van der Waals surface area (Å²) >= 11 is 0. The first-order chi connectivity index (χ1) is 5.99. The average Bonchev–Trinajstić information content (AvgIpc) is 2.01. The zero-order chi connectivity index (χ0) is 10.3. The Labute approximate surface area is 77.4 Å². The molecule has 13 heavy (non-hydrogen) atoms. The van der Waals surface area contributed by atoms with E-state index in [0.717, 1.165) is 12.8 Å². The molecule has 0 aromatic carbocycles. The van der Waals surface area contributed by atoms with Crippen LogP contribution >= 0.6 is 0 Å². The second-order valence-electron chi connectivity index (χ2n) is 2.36. The third-order valence-corrected chi connectivity index (χ3v) is 1.64. The highest BCUT2D eigenvalue weighted by Gasteiger charge is 2.15. The van der Waals surface area contributed by atoms with Gasteiger partial charge in [0.15, 0.2) is 0 Å². The summed E-state index contributed by atoms with van der Waals surface area (Å²) in [5, 5.41) is 8.56. The largest absolute Gasteiger partial charge is 0.399 e. The standard InChI is InChI=1S/C6H14O6S/c1-2-3-4-11-6(5-7)12-13(8,9)10/h6-7H,2-5H2,1H3,(H,8,9,10). The van der Waals surface area contributed by atoms with Crippen molar-refractivity contribution >= 4 is 10.4 Å². The molecular formula is C6H14O6S. The Balaban J connectivity index is 3.77. The molecule has 0 bridgehead atoms. The molecule has 0 amide bonds. The summed E-state index contributed by atoms with van der Waals surface area (Å²) in [5.41, 5.74) is 0. The molecule has 0 aromatic heterocycles. The number of rotatable bonds is 7. The van der Waals surface area contributed by atoms with E-state index in [1.165, 1.54) is 0 Å². The van der Waals surface area contributed by atoms with Crippen molar-refractivity contribution in [2.75, 3.05) is 13.2 Å². The van der Waals surface area contributed by atoms with Crippen LogP contribution in [0, 0.1) is 0 Å². The molecule has 0 saturated carbocycles. The zero-order valence-electron chi connectivity index (χ0n) is 7.34. The minimum atomic E-state index is -4.56. The number of aliphatic hydroxyl groups is 1. The highest BCUT2D eigenvalue weighted by atomic mass is 32.3. The van der Waals surface area contributed by atoms with E-state index in [2.05, 4.69) is 4.18 Å². The molecule has 1 atom stereocenters. The van der Waals surface area contributed by atoms with Crippen LogP contribution in [0.1, 0.15) is 19.8 Å². The van der Waals surface area contributed by atoms with Gasteiger partial charge in [-0.15, -0.1) is 0 Å². The lowest BCUT2D eigenvalue weighted by atomic mass is 10.4. The van der Waals surface area contributed by atoms with Crippen molar-refractivity contribution in [2.45, 2.75) is 26.1 Å². The lowest BCUT2D eigenvalue weighted by Gasteiger charge is -2.12. The van der Waals surface area contributed by atoms with E-state index in [9.17, 15) is 8.42 Å². The Morgan fingerprint density at radius 3 is 2.46 bits per heavy atom. The maximum atomic E-state index is 10.2. The fourth-order valence-electron chi connectivity index (χ4n) is 0.606. The topological polar surface area (TPSA) is 93.1 Å². The van der Waals surface area contributed by atoms with E-state index in [1.54, 1.807) is 0 Å². The third kappa shape index (κ3) is 8.13. The predicted octanol–water partition coefficient (Wildman–Crippen LogP) is -0.0591. The lowest BCUT2D eigenvalue weighted by Crippen LogP contribution is -2.25. The van der Waals surface area contributed by atoms with Gasteiger partial charge >= 0.3 is 10.4 Å². The maximum absolute atomic E-state index is 10.2. The molecule has 0 rings (SSSR count). The van der Waals surface area contributed by atoms with E-state index in [-0.39, 0.29) is 6.61 Å². The Hall–Kier alpha value is -0.210. The van der Waals surface area contributed by atoms with Crippen LogP contribution in [0.25, 0.3) is 0 Å². The summed E-state index contributed by atoms with van der Waals surface area (Å²) in [6.45, 7) is 1.59. The van der Waals surface area contributed by atoms with Crippen molar-refractivity contribution in [3.05, 3.63) is 0 Å². The Morgan fingerprint density at radius 1 is 1.46 bits per heavy atom. The first-order valence-corrected chi connectivity index (χ1v) is 5.24. The van der Waals surface area contributed by atoms with Crippen molar-refractivity contribution in [1.29, 1.82) is 0 Å². The second-order valence-corrected chi connectivity index (χ2v) is 3.41. The van der Waals surface area contributed by atoms with Crippen LogP contribution in [0.3, 0.4) is 0 Å². The van der Waals surface area contributed by atoms with Crippen molar-refractivity contribution in [3.8, 4) is 0 Å². The van der Waals surface area contributed by atoms with Gasteiger partial charge < -0.3 is 9.84 Å². The van der Waals surface area contributed by atoms with Gasteiger partial charge in [0, 0.05) is 6.61 Å². The molecular weight excluding hydrogens is 200 g/mol. The monoisotopic (exact) mass is 214 g/mol. The number of hydrogen-bond acceptors (Lipinski definition) is 5. The van der Waals surface area contributed by atoms with Crippen LogP contribution in [-0.4, -0.2) is 37.6 Å². The van der Waals surface area contributed by atoms with E-state index in [0.29, 0.717) is 0 Å². The summed E-state index contributed by atoms with van der Waals surface area (Å²) in [6, 6.07) is 0. The van der Waals surface area contributed by atoms with Crippen LogP contribution in [0.2, 0.25) is 0 Å². The van der Waals surface area contributed by atoms with Crippen LogP contribution in [-0.2, 0) is 19.3 Å². The molecule has 2 N–H and O–H groups in total. The first-order valence-electron chi connectivity index (χ1n) is 3.87. The van der Waals surface area contributed by atoms with Crippen molar-refractivity contribution < 1.29 is 27.0 Å². The van der Waals surface area contributed by atoms with Crippen LogP contribution in [0.4, 0.5) is 0 Å². The number of unbranched alkanes of at least 4 members (excludes halogenated alkanes) is 1. The quantitative estimate of drug-likeness (QED) is 0.350. The first kappa shape index (κ1) is 12.8. The van der Waals surface area contributed by atoms with Gasteiger partial charge in [0.1, 0.15) is 0 Å². The molecule has 0 saturated heterocycles. The molecule has 80 valence electrons. The molecule has 1 unspecified atom stereocenters. The van der Waals surface area contributed by atoms with Gasteiger partial charge in [0.05, 0.1) is 6.61 Å². The van der Waals surface area contributed by atoms with Gasteiger partial charge in [-0.2, -0.15) is 8.42 Å². The van der Waals surface area contributed by atoms with E-state index in [1.807, 2.05) is 6.92 Å². The number of hydrogen-bond donors (Lipinski definition) is 2. The molecule has 7 heteroatoms. The second kappa shape index (κ2) is 6.28. The highest BCUT2D eigenvalue weighted by molar-refractivity contribution is 7.80. The van der Waals surface area contributed by atoms with Gasteiger partial charge in [0.25, 0.3) is 0 Å². The lowest BCUT2D eigenvalue weighted by molar-refractivity contribution is -0.108. The molecule has 0 aliphatic carbocycles. The summed E-state index contributed by atoms with van der Waals surface area (Å²) < 4.78 is 37.4. The van der Waals surface area contributed by atoms with Crippen molar-refractivity contribution in [1.82, 2.24) is 0 Å². The summed E-state index contributed by atoms with van der Waals surface area (Å²) in [5.74, 6) is 0. The van der Waals surface area contributed by atoms with Gasteiger partial charge in [-0.3, -0.25) is 4.55 Å². The van der Waals surface area contributed by atoms with Crippen LogP contribution < -0.4 is 0 Å². The van der Waals surface area contributed by atoms with Crippen molar-refractivity contribution in [2.24, 2.45) is 0 Å². The third-order valence-electron chi connectivity index (χ3n) is 1.18.